The molecule has 2 aromatic heterocycles. The first-order chi connectivity index (χ1) is 10.8. The van der Waals surface area contributed by atoms with E-state index in [0.29, 0.717) is 24.2 Å². The number of pyridine rings is 1. The number of ether oxygens (including phenoxy) is 1. The smallest absolute Gasteiger partial charge is 0.410 e. The van der Waals surface area contributed by atoms with E-state index in [2.05, 4.69) is 4.98 Å². The van der Waals surface area contributed by atoms with E-state index in [1.165, 1.54) is 0 Å². The van der Waals surface area contributed by atoms with Gasteiger partial charge in [0.2, 0.25) is 0 Å². The second-order valence-corrected chi connectivity index (χ2v) is 7.30. The van der Waals surface area contributed by atoms with Crippen LogP contribution in [-0.2, 0) is 4.74 Å². The molecular weight excluding hydrogens is 316 g/mol. The Kier molecular flexibility index (Phi) is 4.23. The molecule has 0 saturated carbocycles. The minimum Gasteiger partial charge on any atom is -0.462 e. The second kappa shape index (κ2) is 6.04. The summed E-state index contributed by atoms with van der Waals surface area (Å²) in [4.78, 5) is 18.3. The molecule has 0 bridgehead atoms. The molecule has 6 heteroatoms. The zero-order valence-corrected chi connectivity index (χ0v) is 14.4. The predicted octanol–water partition coefficient (Wildman–Crippen LogP) is 4.60. The summed E-state index contributed by atoms with van der Waals surface area (Å²) in [7, 11) is 0. The molecule has 1 aliphatic rings. The highest BCUT2D eigenvalue weighted by atomic mass is 35.5. The molecule has 0 aromatic carbocycles. The van der Waals surface area contributed by atoms with Gasteiger partial charge < -0.3 is 14.1 Å². The SMILES string of the molecule is CC(C)(C)OC(=O)N1CCC(c2coc3ccc(Cl)nc23)CC1. The predicted molar refractivity (Wildman–Crippen MR) is 88.8 cm³/mol. The summed E-state index contributed by atoms with van der Waals surface area (Å²) >= 11 is 5.99. The lowest BCUT2D eigenvalue weighted by atomic mass is 9.90. The van der Waals surface area contributed by atoms with Crippen molar-refractivity contribution in [3.8, 4) is 0 Å². The van der Waals surface area contributed by atoms with Gasteiger partial charge in [0.1, 0.15) is 16.3 Å². The van der Waals surface area contributed by atoms with E-state index < -0.39 is 5.60 Å². The normalized spacial score (nSPS) is 16.8. The fourth-order valence-electron chi connectivity index (χ4n) is 2.90. The van der Waals surface area contributed by atoms with Crippen molar-refractivity contribution in [3.05, 3.63) is 29.1 Å². The maximum absolute atomic E-state index is 12.1. The summed E-state index contributed by atoms with van der Waals surface area (Å²) in [5.41, 5.74) is 2.19. The maximum Gasteiger partial charge on any atom is 0.410 e. The van der Waals surface area contributed by atoms with Crippen molar-refractivity contribution < 1.29 is 13.9 Å². The van der Waals surface area contributed by atoms with Crippen LogP contribution in [0.15, 0.2) is 22.8 Å². The number of amides is 1. The molecule has 0 N–H and O–H groups in total. The third kappa shape index (κ3) is 3.61. The Morgan fingerprint density at radius 2 is 2.04 bits per heavy atom. The van der Waals surface area contributed by atoms with Crippen LogP contribution >= 0.6 is 11.6 Å². The molecule has 124 valence electrons. The molecule has 2 aromatic rings. The van der Waals surface area contributed by atoms with Crippen molar-refractivity contribution in [1.82, 2.24) is 9.88 Å². The average Bonchev–Trinajstić information content (AvgIpc) is 2.88. The number of rotatable bonds is 1. The van der Waals surface area contributed by atoms with E-state index in [-0.39, 0.29) is 6.09 Å². The molecule has 0 radical (unpaired) electrons. The highest BCUT2D eigenvalue weighted by molar-refractivity contribution is 6.29. The summed E-state index contributed by atoms with van der Waals surface area (Å²) in [5, 5.41) is 0.464. The fraction of sp³-hybridized carbons (Fsp3) is 0.529. The van der Waals surface area contributed by atoms with Gasteiger partial charge in [-0.15, -0.1) is 0 Å². The van der Waals surface area contributed by atoms with Gasteiger partial charge >= 0.3 is 6.09 Å². The third-order valence-electron chi connectivity index (χ3n) is 4.00. The van der Waals surface area contributed by atoms with Crippen molar-refractivity contribution >= 4 is 28.8 Å². The van der Waals surface area contributed by atoms with E-state index in [0.717, 1.165) is 29.5 Å². The van der Waals surface area contributed by atoms with Crippen LogP contribution in [0.5, 0.6) is 0 Å². The Bertz CT molecular complexity index is 712. The van der Waals surface area contributed by atoms with Crippen molar-refractivity contribution in [3.63, 3.8) is 0 Å². The molecule has 0 spiro atoms. The standard InChI is InChI=1S/C17H21ClN2O3/c1-17(2,3)23-16(21)20-8-6-11(7-9-20)12-10-22-13-4-5-14(18)19-15(12)13/h4-5,10-11H,6-9H2,1-3H3. The average molecular weight is 337 g/mol. The number of piperidine rings is 1. The lowest BCUT2D eigenvalue weighted by Gasteiger charge is -2.33. The van der Waals surface area contributed by atoms with Crippen LogP contribution in [-0.4, -0.2) is 34.7 Å². The van der Waals surface area contributed by atoms with Gasteiger partial charge in [-0.05, 0) is 51.7 Å². The summed E-state index contributed by atoms with van der Waals surface area (Å²) in [5.74, 6) is 0.320. The van der Waals surface area contributed by atoms with Crippen LogP contribution in [0.2, 0.25) is 5.15 Å². The van der Waals surface area contributed by atoms with Gasteiger partial charge in [0.05, 0.1) is 6.26 Å². The van der Waals surface area contributed by atoms with Gasteiger partial charge in [-0.1, -0.05) is 11.6 Å². The zero-order chi connectivity index (χ0) is 16.6. The Morgan fingerprint density at radius 3 is 2.70 bits per heavy atom. The zero-order valence-electron chi connectivity index (χ0n) is 13.6. The Morgan fingerprint density at radius 1 is 1.35 bits per heavy atom. The summed E-state index contributed by atoms with van der Waals surface area (Å²) in [6.45, 7) is 6.99. The van der Waals surface area contributed by atoms with Crippen LogP contribution in [0.4, 0.5) is 4.79 Å². The summed E-state index contributed by atoms with van der Waals surface area (Å²) in [6.07, 6.45) is 3.25. The first-order valence-electron chi connectivity index (χ1n) is 7.85. The summed E-state index contributed by atoms with van der Waals surface area (Å²) < 4.78 is 11.0. The number of hydrogen-bond acceptors (Lipinski definition) is 4. The molecule has 1 fully saturated rings. The molecule has 5 nitrogen and oxygen atoms in total. The van der Waals surface area contributed by atoms with Gasteiger partial charge in [0.15, 0.2) is 5.58 Å². The Hall–Kier alpha value is -1.75. The number of aromatic nitrogens is 1. The van der Waals surface area contributed by atoms with Crippen LogP contribution < -0.4 is 0 Å². The number of nitrogens with zero attached hydrogens (tertiary/aromatic N) is 2. The van der Waals surface area contributed by atoms with E-state index in [9.17, 15) is 4.79 Å². The molecule has 1 aliphatic heterocycles. The van der Waals surface area contributed by atoms with Gasteiger partial charge in [-0.3, -0.25) is 0 Å². The first kappa shape index (κ1) is 16.1. The lowest BCUT2D eigenvalue weighted by molar-refractivity contribution is 0.0205. The van der Waals surface area contributed by atoms with Crippen LogP contribution in [0.3, 0.4) is 0 Å². The Labute approximate surface area is 140 Å². The number of furan rings is 1. The van der Waals surface area contributed by atoms with E-state index in [1.807, 2.05) is 26.8 Å². The second-order valence-electron chi connectivity index (χ2n) is 6.91. The minimum absolute atomic E-state index is 0.242. The van der Waals surface area contributed by atoms with Crippen molar-refractivity contribution in [2.45, 2.75) is 45.1 Å². The number of hydrogen-bond donors (Lipinski definition) is 0. The van der Waals surface area contributed by atoms with Gasteiger partial charge in [0.25, 0.3) is 0 Å². The number of likely N-dealkylation sites (tertiary alicyclic amines) is 1. The van der Waals surface area contributed by atoms with Crippen molar-refractivity contribution in [1.29, 1.82) is 0 Å². The van der Waals surface area contributed by atoms with Gasteiger partial charge in [-0.2, -0.15) is 0 Å². The Balaban J connectivity index is 1.69. The first-order valence-corrected chi connectivity index (χ1v) is 8.23. The summed E-state index contributed by atoms with van der Waals surface area (Å²) in [6, 6.07) is 3.56. The number of fused-ring (bicyclic) bond motifs is 1. The number of halogens is 1. The topological polar surface area (TPSA) is 55.6 Å². The molecule has 3 rings (SSSR count). The van der Waals surface area contributed by atoms with Crippen molar-refractivity contribution in [2.24, 2.45) is 0 Å². The molecular formula is C17H21ClN2O3. The van der Waals surface area contributed by atoms with Crippen LogP contribution in [0.1, 0.15) is 45.1 Å². The number of carbonyl (C=O) groups excluding carboxylic acids is 1. The molecule has 1 saturated heterocycles. The van der Waals surface area contributed by atoms with E-state index in [4.69, 9.17) is 20.8 Å². The highest BCUT2D eigenvalue weighted by Gasteiger charge is 2.29. The maximum atomic E-state index is 12.1. The lowest BCUT2D eigenvalue weighted by Crippen LogP contribution is -2.41. The van der Waals surface area contributed by atoms with Gasteiger partial charge in [0, 0.05) is 18.7 Å². The molecule has 1 amide bonds. The van der Waals surface area contributed by atoms with Crippen LogP contribution in [0.25, 0.3) is 11.1 Å². The fourth-order valence-corrected chi connectivity index (χ4v) is 3.04. The van der Waals surface area contributed by atoms with Gasteiger partial charge in [-0.25, -0.2) is 9.78 Å². The molecule has 0 unspecified atom stereocenters. The van der Waals surface area contributed by atoms with Crippen LogP contribution in [0, 0.1) is 0 Å². The third-order valence-corrected chi connectivity index (χ3v) is 4.21. The molecule has 23 heavy (non-hydrogen) atoms. The molecule has 3 heterocycles. The largest absolute Gasteiger partial charge is 0.462 e. The molecule has 0 atom stereocenters. The van der Waals surface area contributed by atoms with E-state index >= 15 is 0 Å². The monoisotopic (exact) mass is 336 g/mol. The molecule has 0 aliphatic carbocycles. The quantitative estimate of drug-likeness (QED) is 0.714. The minimum atomic E-state index is -0.463. The van der Waals surface area contributed by atoms with E-state index in [1.54, 1.807) is 17.2 Å². The van der Waals surface area contributed by atoms with Crippen molar-refractivity contribution in [2.75, 3.05) is 13.1 Å². The highest BCUT2D eigenvalue weighted by Crippen LogP contribution is 2.34. The number of carbonyl (C=O) groups is 1.